The topological polar surface area (TPSA) is 126 Å². The normalized spacial score (nSPS) is 13.3. The van der Waals surface area contributed by atoms with Crippen LogP contribution in [0, 0.1) is 5.92 Å². The van der Waals surface area contributed by atoms with Crippen molar-refractivity contribution in [3.8, 4) is 0 Å². The van der Waals surface area contributed by atoms with E-state index in [1.165, 1.54) is 24.2 Å². The number of nitrogen functional groups attached to an aromatic ring is 1. The molecule has 1 rings (SSSR count). The highest BCUT2D eigenvalue weighted by Crippen LogP contribution is 2.49. The SMILES string of the molecule is CCOP(=O)(/C=C/C(CO)COn1ccc(N)nc1=O)OCC. The molecule has 0 aliphatic rings. The second kappa shape index (κ2) is 9.46. The van der Waals surface area contributed by atoms with Crippen molar-refractivity contribution in [1.29, 1.82) is 0 Å². The number of aromatic nitrogens is 2. The van der Waals surface area contributed by atoms with E-state index in [1.807, 2.05) is 0 Å². The molecule has 130 valence electrons. The molecule has 9 nitrogen and oxygen atoms in total. The molecule has 0 aliphatic carbocycles. The molecule has 0 amide bonds. The second-order valence-corrected chi connectivity index (χ2v) is 6.31. The number of nitrogens with zero attached hydrogens (tertiary/aromatic N) is 2. The molecule has 0 aliphatic heterocycles. The summed E-state index contributed by atoms with van der Waals surface area (Å²) in [6, 6.07) is 1.41. The van der Waals surface area contributed by atoms with Crippen LogP contribution in [0.5, 0.6) is 0 Å². The van der Waals surface area contributed by atoms with Gasteiger partial charge in [-0.15, -0.1) is 4.73 Å². The summed E-state index contributed by atoms with van der Waals surface area (Å²) in [6.45, 7) is 3.56. The first-order chi connectivity index (χ1) is 10.9. The van der Waals surface area contributed by atoms with Crippen molar-refractivity contribution in [3.63, 3.8) is 0 Å². The molecule has 1 unspecified atom stereocenters. The maximum atomic E-state index is 12.3. The maximum absolute atomic E-state index is 12.3. The van der Waals surface area contributed by atoms with Gasteiger partial charge in [0, 0.05) is 17.8 Å². The van der Waals surface area contributed by atoms with Gasteiger partial charge in [-0.05, 0) is 13.8 Å². The van der Waals surface area contributed by atoms with Crippen molar-refractivity contribution in [3.05, 3.63) is 34.6 Å². The molecule has 0 saturated heterocycles. The van der Waals surface area contributed by atoms with Crippen molar-refractivity contribution in [2.45, 2.75) is 13.8 Å². The fourth-order valence-corrected chi connectivity index (χ4v) is 2.98. The smallest absolute Gasteiger partial charge is 0.382 e. The number of nitrogens with two attached hydrogens (primary N) is 1. The molecule has 1 heterocycles. The Bertz CT molecular complexity index is 608. The van der Waals surface area contributed by atoms with Gasteiger partial charge in [0.15, 0.2) is 0 Å². The molecule has 10 heteroatoms. The molecular weight excluding hydrogens is 325 g/mol. The van der Waals surface area contributed by atoms with Crippen LogP contribution in [-0.2, 0) is 13.6 Å². The van der Waals surface area contributed by atoms with Crippen LogP contribution in [0.1, 0.15) is 13.8 Å². The molecule has 0 aromatic carbocycles. The molecule has 3 N–H and O–H groups in total. The van der Waals surface area contributed by atoms with Crippen molar-refractivity contribution in [2.75, 3.05) is 32.2 Å². The molecule has 0 spiro atoms. The van der Waals surface area contributed by atoms with Gasteiger partial charge in [-0.2, -0.15) is 4.98 Å². The lowest BCUT2D eigenvalue weighted by Gasteiger charge is -2.15. The lowest BCUT2D eigenvalue weighted by molar-refractivity contribution is 0.0646. The minimum Gasteiger partial charge on any atom is -0.409 e. The van der Waals surface area contributed by atoms with Crippen LogP contribution in [0.2, 0.25) is 0 Å². The quantitative estimate of drug-likeness (QED) is 0.591. The van der Waals surface area contributed by atoms with E-state index < -0.39 is 19.2 Å². The Hall–Kier alpha value is -1.67. The predicted molar refractivity (Wildman–Crippen MR) is 84.9 cm³/mol. The van der Waals surface area contributed by atoms with E-state index in [1.54, 1.807) is 13.8 Å². The summed E-state index contributed by atoms with van der Waals surface area (Å²) in [5.74, 6) is 0.866. The van der Waals surface area contributed by atoms with Crippen LogP contribution in [0.4, 0.5) is 5.82 Å². The van der Waals surface area contributed by atoms with Gasteiger partial charge in [-0.25, -0.2) is 4.79 Å². The van der Waals surface area contributed by atoms with E-state index in [4.69, 9.17) is 19.6 Å². The summed E-state index contributed by atoms with van der Waals surface area (Å²) in [5, 5.41) is 9.35. The molecule has 0 radical (unpaired) electrons. The first-order valence-corrected chi connectivity index (χ1v) is 8.72. The Labute approximate surface area is 134 Å². The van der Waals surface area contributed by atoms with Crippen molar-refractivity contribution >= 4 is 13.4 Å². The van der Waals surface area contributed by atoms with Gasteiger partial charge in [-0.3, -0.25) is 4.57 Å². The van der Waals surface area contributed by atoms with Gasteiger partial charge in [0.2, 0.25) is 0 Å². The van der Waals surface area contributed by atoms with E-state index in [-0.39, 0.29) is 32.2 Å². The average molecular weight is 347 g/mol. The number of hydrogen-bond donors (Lipinski definition) is 2. The molecular formula is C13H22N3O6P. The zero-order chi connectivity index (χ0) is 17.3. The fourth-order valence-electron chi connectivity index (χ4n) is 1.56. The first kappa shape index (κ1) is 19.4. The molecule has 0 fully saturated rings. The molecule has 0 saturated carbocycles. The predicted octanol–water partition coefficient (Wildman–Crippen LogP) is 0.642. The monoisotopic (exact) mass is 347 g/mol. The van der Waals surface area contributed by atoms with Gasteiger partial charge >= 0.3 is 13.3 Å². The highest BCUT2D eigenvalue weighted by Gasteiger charge is 2.20. The summed E-state index contributed by atoms with van der Waals surface area (Å²) in [5.41, 5.74) is 4.71. The lowest BCUT2D eigenvalue weighted by Crippen LogP contribution is -2.32. The van der Waals surface area contributed by atoms with Gasteiger partial charge in [0.1, 0.15) is 12.4 Å². The van der Waals surface area contributed by atoms with Crippen LogP contribution in [0.25, 0.3) is 0 Å². The number of hydrogen-bond acceptors (Lipinski definition) is 8. The Morgan fingerprint density at radius 3 is 2.61 bits per heavy atom. The third-order valence-electron chi connectivity index (χ3n) is 2.62. The number of anilines is 1. The van der Waals surface area contributed by atoms with Crippen molar-refractivity contribution in [2.24, 2.45) is 5.92 Å². The van der Waals surface area contributed by atoms with Crippen LogP contribution in [-0.4, -0.2) is 41.2 Å². The molecule has 1 aromatic rings. The van der Waals surface area contributed by atoms with Crippen LogP contribution in [0.3, 0.4) is 0 Å². The Morgan fingerprint density at radius 2 is 2.09 bits per heavy atom. The van der Waals surface area contributed by atoms with E-state index >= 15 is 0 Å². The first-order valence-electron chi connectivity index (χ1n) is 7.11. The maximum Gasteiger partial charge on any atom is 0.382 e. The molecule has 23 heavy (non-hydrogen) atoms. The summed E-state index contributed by atoms with van der Waals surface area (Å²) < 4.78 is 23.4. The highest BCUT2D eigenvalue weighted by atomic mass is 31.2. The van der Waals surface area contributed by atoms with Gasteiger partial charge in [-0.1, -0.05) is 6.08 Å². The van der Waals surface area contributed by atoms with E-state index in [2.05, 4.69) is 4.98 Å². The van der Waals surface area contributed by atoms with E-state index in [0.29, 0.717) is 0 Å². The lowest BCUT2D eigenvalue weighted by atomic mass is 10.2. The Balaban J connectivity index is 2.71. The fraction of sp³-hybridized carbons (Fsp3) is 0.538. The Morgan fingerprint density at radius 1 is 1.43 bits per heavy atom. The van der Waals surface area contributed by atoms with E-state index in [0.717, 1.165) is 4.73 Å². The van der Waals surface area contributed by atoms with E-state index in [9.17, 15) is 14.5 Å². The van der Waals surface area contributed by atoms with Crippen molar-refractivity contribution < 1.29 is 23.6 Å². The third kappa shape index (κ3) is 6.54. The van der Waals surface area contributed by atoms with Gasteiger partial charge in [0.25, 0.3) is 0 Å². The zero-order valence-electron chi connectivity index (χ0n) is 13.1. The Kier molecular flexibility index (Phi) is 7.97. The summed E-state index contributed by atoms with van der Waals surface area (Å²) in [7, 11) is -3.34. The summed E-state index contributed by atoms with van der Waals surface area (Å²) in [4.78, 5) is 20.3. The molecule has 1 atom stereocenters. The largest absolute Gasteiger partial charge is 0.409 e. The minimum atomic E-state index is -3.34. The standard InChI is InChI=1S/C13H22N3O6P/c1-3-21-23(19,22-4-2)8-6-11(9-17)10-20-16-7-5-12(14)15-13(16)18/h5-8,11,17H,3-4,9-10H2,1-2H3,(H2,14,15,18)/b8-6+. The average Bonchev–Trinajstić information content (AvgIpc) is 2.49. The van der Waals surface area contributed by atoms with Crippen LogP contribution < -0.4 is 16.3 Å². The highest BCUT2D eigenvalue weighted by molar-refractivity contribution is 7.57. The second-order valence-electron chi connectivity index (χ2n) is 4.42. The van der Waals surface area contributed by atoms with Crippen molar-refractivity contribution in [1.82, 2.24) is 9.71 Å². The van der Waals surface area contributed by atoms with Crippen LogP contribution >= 0.6 is 7.60 Å². The van der Waals surface area contributed by atoms with Gasteiger partial charge < -0.3 is 24.7 Å². The minimum absolute atomic E-state index is 0.0310. The summed E-state index contributed by atoms with van der Waals surface area (Å²) >= 11 is 0. The number of rotatable bonds is 10. The summed E-state index contributed by atoms with van der Waals surface area (Å²) in [6.07, 6.45) is 2.80. The number of aliphatic hydroxyl groups excluding tert-OH is 1. The molecule has 0 bridgehead atoms. The van der Waals surface area contributed by atoms with Crippen LogP contribution in [0.15, 0.2) is 29.0 Å². The molecule has 1 aromatic heterocycles. The number of aliphatic hydroxyl groups is 1. The third-order valence-corrected chi connectivity index (χ3v) is 4.39. The van der Waals surface area contributed by atoms with Gasteiger partial charge in [0.05, 0.1) is 26.0 Å². The zero-order valence-corrected chi connectivity index (χ0v) is 14.0.